The zero-order valence-electron chi connectivity index (χ0n) is 10.7. The quantitative estimate of drug-likeness (QED) is 0.922. The van der Waals surface area contributed by atoms with E-state index in [-0.39, 0.29) is 11.7 Å². The smallest absolute Gasteiger partial charge is 0.328 e. The lowest BCUT2D eigenvalue weighted by Crippen LogP contribution is -2.19. The van der Waals surface area contributed by atoms with Crippen molar-refractivity contribution in [3.05, 3.63) is 46.2 Å². The molecule has 0 radical (unpaired) electrons. The topological polar surface area (TPSA) is 43.8 Å². The lowest BCUT2D eigenvalue weighted by Gasteiger charge is -2.15. The first-order chi connectivity index (χ1) is 9.27. The molecule has 108 valence electrons. The van der Waals surface area contributed by atoms with Crippen molar-refractivity contribution >= 4 is 15.9 Å². The van der Waals surface area contributed by atoms with Crippen molar-refractivity contribution in [1.82, 2.24) is 9.78 Å². The van der Waals surface area contributed by atoms with E-state index >= 15 is 0 Å². The molecule has 7 heteroatoms. The summed E-state index contributed by atoms with van der Waals surface area (Å²) in [5, 5.41) is 3.90. The number of hydrogen-bond donors (Lipinski definition) is 1. The highest BCUT2D eigenvalue weighted by molar-refractivity contribution is 9.10. The number of aromatic nitrogens is 2. The maximum atomic E-state index is 13.2. The van der Waals surface area contributed by atoms with Gasteiger partial charge in [-0.25, -0.2) is 4.68 Å². The standard InChI is InChI=1S/C13H13BrF3N3/c1-8(18)4-9-2-3-12(11(5-9)13(15,16)17)20-7-10(14)6-19-20/h2-3,5-8H,4,18H2,1H3. The lowest BCUT2D eigenvalue weighted by atomic mass is 10.0. The van der Waals surface area contributed by atoms with Gasteiger partial charge in [0, 0.05) is 12.2 Å². The summed E-state index contributed by atoms with van der Waals surface area (Å²) in [5.41, 5.74) is 5.47. The summed E-state index contributed by atoms with van der Waals surface area (Å²) in [4.78, 5) is 0. The average Bonchev–Trinajstić information content (AvgIpc) is 2.74. The van der Waals surface area contributed by atoms with Crippen molar-refractivity contribution in [2.75, 3.05) is 0 Å². The highest BCUT2D eigenvalue weighted by Crippen LogP contribution is 2.34. The van der Waals surface area contributed by atoms with Crippen LogP contribution in [-0.2, 0) is 12.6 Å². The van der Waals surface area contributed by atoms with Gasteiger partial charge in [-0.05, 0) is 47.0 Å². The number of nitrogens with zero attached hydrogens (tertiary/aromatic N) is 2. The van der Waals surface area contributed by atoms with E-state index < -0.39 is 11.7 Å². The van der Waals surface area contributed by atoms with Crippen molar-refractivity contribution in [3.8, 4) is 5.69 Å². The van der Waals surface area contributed by atoms with Crippen LogP contribution < -0.4 is 5.73 Å². The van der Waals surface area contributed by atoms with Crippen LogP contribution in [0.15, 0.2) is 35.1 Å². The summed E-state index contributed by atoms with van der Waals surface area (Å²) in [7, 11) is 0. The van der Waals surface area contributed by atoms with Crippen molar-refractivity contribution in [3.63, 3.8) is 0 Å². The molecule has 1 aromatic heterocycles. The molecule has 0 aliphatic heterocycles. The Morgan fingerprint density at radius 3 is 2.60 bits per heavy atom. The van der Waals surface area contributed by atoms with Crippen LogP contribution in [0.5, 0.6) is 0 Å². The van der Waals surface area contributed by atoms with Gasteiger partial charge in [0.05, 0.1) is 21.9 Å². The van der Waals surface area contributed by atoms with Gasteiger partial charge < -0.3 is 5.73 Å². The highest BCUT2D eigenvalue weighted by Gasteiger charge is 2.34. The molecule has 2 aromatic rings. The second-order valence-electron chi connectivity index (χ2n) is 4.63. The highest BCUT2D eigenvalue weighted by atomic mass is 79.9. The molecule has 3 nitrogen and oxygen atoms in total. The van der Waals surface area contributed by atoms with Crippen molar-refractivity contribution in [2.24, 2.45) is 5.73 Å². The molecule has 0 aliphatic carbocycles. The van der Waals surface area contributed by atoms with Gasteiger partial charge in [-0.15, -0.1) is 0 Å². The molecule has 1 aromatic carbocycles. The SMILES string of the molecule is CC(N)Cc1ccc(-n2cc(Br)cn2)c(C(F)(F)F)c1. The Labute approximate surface area is 122 Å². The predicted octanol–water partition coefficient (Wildman–Crippen LogP) is 3.54. The van der Waals surface area contributed by atoms with Crippen LogP contribution in [-0.4, -0.2) is 15.8 Å². The minimum Gasteiger partial charge on any atom is -0.328 e. The average molecular weight is 348 g/mol. The summed E-state index contributed by atoms with van der Waals surface area (Å²) in [5.74, 6) is 0. The van der Waals surface area contributed by atoms with Crippen LogP contribution >= 0.6 is 15.9 Å². The Kier molecular flexibility index (Phi) is 4.19. The molecule has 2 rings (SSSR count). The van der Waals surface area contributed by atoms with Gasteiger partial charge in [0.15, 0.2) is 0 Å². The summed E-state index contributed by atoms with van der Waals surface area (Å²) in [6, 6.07) is 4.00. The van der Waals surface area contributed by atoms with E-state index in [1.54, 1.807) is 13.0 Å². The molecule has 0 saturated carbocycles. The fourth-order valence-electron chi connectivity index (χ4n) is 1.94. The van der Waals surface area contributed by atoms with E-state index in [4.69, 9.17) is 5.73 Å². The number of halogens is 4. The molecule has 0 bridgehead atoms. The number of nitrogens with two attached hydrogens (primary N) is 1. The van der Waals surface area contributed by atoms with Crippen LogP contribution in [0.1, 0.15) is 18.1 Å². The normalized spacial score (nSPS) is 13.5. The number of benzene rings is 1. The first-order valence-corrected chi connectivity index (χ1v) is 6.73. The Hall–Kier alpha value is -1.34. The monoisotopic (exact) mass is 347 g/mol. The third-order valence-corrected chi connectivity index (χ3v) is 3.13. The molecule has 0 fully saturated rings. The predicted molar refractivity (Wildman–Crippen MR) is 73.6 cm³/mol. The third kappa shape index (κ3) is 3.40. The first kappa shape index (κ1) is 15.1. The molecular weight excluding hydrogens is 335 g/mol. The molecule has 1 unspecified atom stereocenters. The fourth-order valence-corrected chi connectivity index (χ4v) is 2.23. The van der Waals surface area contributed by atoms with Gasteiger partial charge in [-0.1, -0.05) is 6.07 Å². The van der Waals surface area contributed by atoms with Gasteiger partial charge in [-0.2, -0.15) is 18.3 Å². The van der Waals surface area contributed by atoms with E-state index in [9.17, 15) is 13.2 Å². The molecular formula is C13H13BrF3N3. The molecule has 2 N–H and O–H groups in total. The van der Waals surface area contributed by atoms with Crippen LogP contribution in [0.4, 0.5) is 13.2 Å². The minimum absolute atomic E-state index is 0.00313. The fraction of sp³-hybridized carbons (Fsp3) is 0.308. The van der Waals surface area contributed by atoms with Crippen molar-refractivity contribution in [1.29, 1.82) is 0 Å². The number of hydrogen-bond acceptors (Lipinski definition) is 2. The molecule has 0 amide bonds. The summed E-state index contributed by atoms with van der Waals surface area (Å²) < 4.78 is 41.3. The largest absolute Gasteiger partial charge is 0.418 e. The number of rotatable bonds is 3. The summed E-state index contributed by atoms with van der Waals surface area (Å²) in [6.07, 6.45) is -1.13. The van der Waals surface area contributed by atoms with Gasteiger partial charge in [0.25, 0.3) is 0 Å². The van der Waals surface area contributed by atoms with E-state index in [0.29, 0.717) is 16.5 Å². The van der Waals surface area contributed by atoms with Gasteiger partial charge >= 0.3 is 6.18 Å². The van der Waals surface area contributed by atoms with E-state index in [0.717, 1.165) is 6.07 Å². The Morgan fingerprint density at radius 2 is 2.10 bits per heavy atom. The Bertz CT molecular complexity index is 605. The van der Waals surface area contributed by atoms with E-state index in [2.05, 4.69) is 21.0 Å². The first-order valence-electron chi connectivity index (χ1n) is 5.93. The Morgan fingerprint density at radius 1 is 1.40 bits per heavy atom. The molecule has 1 heterocycles. The Balaban J connectivity index is 2.51. The van der Waals surface area contributed by atoms with Crippen molar-refractivity contribution in [2.45, 2.75) is 25.6 Å². The molecule has 0 saturated heterocycles. The molecule has 0 aliphatic rings. The maximum Gasteiger partial charge on any atom is 0.418 e. The lowest BCUT2D eigenvalue weighted by molar-refractivity contribution is -0.137. The van der Waals surface area contributed by atoms with E-state index in [1.807, 2.05) is 0 Å². The molecule has 1 atom stereocenters. The third-order valence-electron chi connectivity index (χ3n) is 2.72. The molecule has 0 spiro atoms. The van der Waals surface area contributed by atoms with Crippen molar-refractivity contribution < 1.29 is 13.2 Å². The summed E-state index contributed by atoms with van der Waals surface area (Å²) >= 11 is 3.17. The van der Waals surface area contributed by atoms with Gasteiger partial charge in [0.2, 0.25) is 0 Å². The van der Waals surface area contributed by atoms with Crippen LogP contribution in [0, 0.1) is 0 Å². The zero-order chi connectivity index (χ0) is 14.9. The second-order valence-corrected chi connectivity index (χ2v) is 5.55. The van der Waals surface area contributed by atoms with Gasteiger partial charge in [-0.3, -0.25) is 0 Å². The van der Waals surface area contributed by atoms with E-state index in [1.165, 1.54) is 23.1 Å². The second kappa shape index (κ2) is 5.57. The van der Waals surface area contributed by atoms with Gasteiger partial charge in [0.1, 0.15) is 0 Å². The van der Waals surface area contributed by atoms with Crippen LogP contribution in [0.3, 0.4) is 0 Å². The minimum atomic E-state index is -4.44. The maximum absolute atomic E-state index is 13.2. The molecule has 20 heavy (non-hydrogen) atoms. The van der Waals surface area contributed by atoms with Crippen LogP contribution in [0.2, 0.25) is 0 Å². The number of alkyl halides is 3. The van der Waals surface area contributed by atoms with Crippen LogP contribution in [0.25, 0.3) is 5.69 Å². The summed E-state index contributed by atoms with van der Waals surface area (Å²) in [6.45, 7) is 1.76. The zero-order valence-corrected chi connectivity index (χ0v) is 12.2.